The quantitative estimate of drug-likeness (QED) is 0.414. The van der Waals surface area contributed by atoms with Gasteiger partial charge in [0.05, 0.1) is 17.6 Å². The van der Waals surface area contributed by atoms with Crippen LogP contribution >= 0.6 is 0 Å². The van der Waals surface area contributed by atoms with Crippen molar-refractivity contribution < 1.29 is 0 Å². The molecule has 2 aromatic carbocycles. The predicted octanol–water partition coefficient (Wildman–Crippen LogP) is 4.92. The fourth-order valence-corrected chi connectivity index (χ4v) is 5.21. The number of benzene rings is 2. The van der Waals surface area contributed by atoms with Crippen molar-refractivity contribution in [2.24, 2.45) is 4.99 Å². The van der Waals surface area contributed by atoms with Gasteiger partial charge in [-0.2, -0.15) is 5.26 Å². The van der Waals surface area contributed by atoms with E-state index in [9.17, 15) is 5.26 Å². The van der Waals surface area contributed by atoms with Crippen LogP contribution in [0.1, 0.15) is 36.5 Å². The Kier molecular flexibility index (Phi) is 6.71. The first-order chi connectivity index (χ1) is 18.4. The molecule has 1 saturated heterocycles. The van der Waals surface area contributed by atoms with E-state index in [4.69, 9.17) is 10.7 Å². The van der Waals surface area contributed by atoms with E-state index in [1.807, 2.05) is 37.3 Å². The molecule has 0 aliphatic carbocycles. The second-order valence-corrected chi connectivity index (χ2v) is 9.33. The van der Waals surface area contributed by atoms with Gasteiger partial charge in [0.2, 0.25) is 0 Å². The summed E-state index contributed by atoms with van der Waals surface area (Å²) in [7, 11) is 0. The first kappa shape index (κ1) is 24.8. The lowest BCUT2D eigenvalue weighted by Crippen LogP contribution is -2.47. The van der Waals surface area contributed by atoms with Crippen LogP contribution < -0.4 is 26.2 Å². The highest BCUT2D eigenvalue weighted by Crippen LogP contribution is 2.42. The third kappa shape index (κ3) is 4.41. The molecule has 4 N–H and O–H groups in total. The summed E-state index contributed by atoms with van der Waals surface area (Å²) in [5.41, 5.74) is 12.0. The summed E-state index contributed by atoms with van der Waals surface area (Å²) < 4.78 is 0. The summed E-state index contributed by atoms with van der Waals surface area (Å²) in [6, 6.07) is 16.3. The van der Waals surface area contributed by atoms with E-state index >= 15 is 0 Å². The Hall–Kier alpha value is -4.84. The number of nitriles is 1. The number of nitrogens with two attached hydrogens (primary N) is 1. The molecule has 1 atom stereocenters. The minimum Gasteiger partial charge on any atom is -0.382 e. The molecule has 0 amide bonds. The average molecular weight is 506 g/mol. The molecule has 0 radical (unpaired) electrons. The van der Waals surface area contributed by atoms with Gasteiger partial charge in [-0.25, -0.2) is 15.0 Å². The standard InChI is InChI=1S/C29H31N9/c1-5-32-20(4)35-21-10-7-11-22(15-21)38-19(3)26-18(2)9-6-12-24(26)36-29(38)25-13-8-14-37(25)28-23(16-30)27(31)33-17-34-28/h6-7,9-12,15,17,25,32,35H,3-5,8,13-14H2,1-2H3,(H2,31,33,34). The van der Waals surface area contributed by atoms with Crippen LogP contribution in [0.3, 0.4) is 0 Å². The smallest absolute Gasteiger partial charge is 0.152 e. The second-order valence-electron chi connectivity index (χ2n) is 9.33. The van der Waals surface area contributed by atoms with Crippen molar-refractivity contribution in [2.45, 2.75) is 32.7 Å². The van der Waals surface area contributed by atoms with E-state index in [2.05, 4.69) is 68.7 Å². The van der Waals surface area contributed by atoms with E-state index < -0.39 is 0 Å². The zero-order chi connectivity index (χ0) is 26.8. The summed E-state index contributed by atoms with van der Waals surface area (Å²) in [6.45, 7) is 14.2. The lowest BCUT2D eigenvalue weighted by atomic mass is 9.98. The highest BCUT2D eigenvalue weighted by molar-refractivity contribution is 6.16. The van der Waals surface area contributed by atoms with Gasteiger partial charge in [-0.1, -0.05) is 31.4 Å². The Labute approximate surface area is 223 Å². The van der Waals surface area contributed by atoms with E-state index in [-0.39, 0.29) is 17.4 Å². The first-order valence-electron chi connectivity index (χ1n) is 12.7. The van der Waals surface area contributed by atoms with Crippen molar-refractivity contribution in [1.82, 2.24) is 15.3 Å². The number of nitrogen functional groups attached to an aromatic ring is 1. The highest BCUT2D eigenvalue weighted by Gasteiger charge is 2.38. The zero-order valence-electron chi connectivity index (χ0n) is 21.7. The molecule has 1 fully saturated rings. The Balaban J connectivity index is 1.63. The molecule has 0 saturated carbocycles. The molecular weight excluding hydrogens is 474 g/mol. The SMILES string of the molecule is C=C(NCC)Nc1cccc(N2C(=C)c3c(C)cccc3N=C2C2CCCN2c2ncnc(N)c2C#N)c1. The minimum atomic E-state index is -0.143. The number of rotatable bonds is 7. The number of hydrogen-bond acceptors (Lipinski definition) is 9. The molecule has 1 aromatic heterocycles. The van der Waals surface area contributed by atoms with Crippen molar-refractivity contribution in [3.05, 3.63) is 84.5 Å². The fraction of sp³-hybridized carbons (Fsp3) is 0.241. The van der Waals surface area contributed by atoms with Crippen LogP contribution in [0.2, 0.25) is 0 Å². The molecule has 38 heavy (non-hydrogen) atoms. The summed E-state index contributed by atoms with van der Waals surface area (Å²) >= 11 is 0. The normalized spacial score (nSPS) is 16.5. The van der Waals surface area contributed by atoms with Gasteiger partial charge < -0.3 is 21.3 Å². The van der Waals surface area contributed by atoms with E-state index in [0.29, 0.717) is 5.82 Å². The molecule has 2 aliphatic heterocycles. The maximum Gasteiger partial charge on any atom is 0.152 e. The lowest BCUT2D eigenvalue weighted by molar-refractivity contribution is 0.815. The van der Waals surface area contributed by atoms with Crippen molar-refractivity contribution in [1.29, 1.82) is 5.26 Å². The van der Waals surface area contributed by atoms with Gasteiger partial charge in [0, 0.05) is 35.7 Å². The predicted molar refractivity (Wildman–Crippen MR) is 154 cm³/mol. The molecule has 0 spiro atoms. The first-order valence-corrected chi connectivity index (χ1v) is 12.7. The van der Waals surface area contributed by atoms with Crippen molar-refractivity contribution >= 4 is 40.2 Å². The van der Waals surface area contributed by atoms with E-state index in [0.717, 1.165) is 71.5 Å². The Morgan fingerprint density at radius 2 is 2.05 bits per heavy atom. The lowest BCUT2D eigenvalue weighted by Gasteiger charge is -2.38. The monoisotopic (exact) mass is 505 g/mol. The van der Waals surface area contributed by atoms with Crippen LogP contribution in [0.25, 0.3) is 5.70 Å². The number of fused-ring (bicyclic) bond motifs is 1. The molecule has 192 valence electrons. The van der Waals surface area contributed by atoms with Crippen LogP contribution in [0.4, 0.5) is 28.7 Å². The summed E-state index contributed by atoms with van der Waals surface area (Å²) in [4.78, 5) is 17.9. The number of nitrogens with one attached hydrogen (secondary N) is 2. The number of aliphatic imine (C=N–C) groups is 1. The van der Waals surface area contributed by atoms with Gasteiger partial charge >= 0.3 is 0 Å². The summed E-state index contributed by atoms with van der Waals surface area (Å²) in [5, 5.41) is 16.3. The van der Waals surface area contributed by atoms with E-state index in [1.165, 1.54) is 6.33 Å². The van der Waals surface area contributed by atoms with Crippen LogP contribution in [0.15, 0.2) is 72.8 Å². The number of aryl methyl sites for hydroxylation is 1. The molecule has 9 nitrogen and oxygen atoms in total. The molecule has 9 heteroatoms. The number of amidine groups is 1. The van der Waals surface area contributed by atoms with Gasteiger partial charge in [-0.3, -0.25) is 4.90 Å². The van der Waals surface area contributed by atoms with Crippen molar-refractivity contribution in [3.63, 3.8) is 0 Å². The highest BCUT2D eigenvalue weighted by atomic mass is 15.3. The maximum absolute atomic E-state index is 9.82. The largest absolute Gasteiger partial charge is 0.382 e. The van der Waals surface area contributed by atoms with Crippen molar-refractivity contribution in [2.75, 3.05) is 33.9 Å². The number of aromatic nitrogens is 2. The third-order valence-corrected chi connectivity index (χ3v) is 6.85. The third-order valence-electron chi connectivity index (χ3n) is 6.85. The Morgan fingerprint density at radius 3 is 2.84 bits per heavy atom. The van der Waals surface area contributed by atoms with Gasteiger partial charge in [-0.15, -0.1) is 0 Å². The Bertz CT molecular complexity index is 1480. The van der Waals surface area contributed by atoms with Crippen molar-refractivity contribution in [3.8, 4) is 6.07 Å². The molecule has 3 heterocycles. The van der Waals surface area contributed by atoms with Crippen LogP contribution in [0, 0.1) is 18.3 Å². The second kappa shape index (κ2) is 10.3. The number of hydrogen-bond donors (Lipinski definition) is 3. The topological polar surface area (TPSA) is 118 Å². The van der Waals surface area contributed by atoms with Gasteiger partial charge in [0.25, 0.3) is 0 Å². The minimum absolute atomic E-state index is 0.143. The van der Waals surface area contributed by atoms with Crippen LogP contribution in [-0.4, -0.2) is 34.9 Å². The van der Waals surface area contributed by atoms with E-state index in [1.54, 1.807) is 0 Å². The number of nitrogens with zero attached hydrogens (tertiary/aromatic N) is 6. The molecule has 1 unspecified atom stereocenters. The zero-order valence-corrected chi connectivity index (χ0v) is 21.7. The summed E-state index contributed by atoms with van der Waals surface area (Å²) in [5.74, 6) is 2.26. The summed E-state index contributed by atoms with van der Waals surface area (Å²) in [6.07, 6.45) is 3.17. The van der Waals surface area contributed by atoms with Gasteiger partial charge in [-0.05, 0) is 56.5 Å². The van der Waals surface area contributed by atoms with Crippen LogP contribution in [-0.2, 0) is 0 Å². The molecule has 3 aromatic rings. The fourth-order valence-electron chi connectivity index (χ4n) is 5.21. The maximum atomic E-state index is 9.82. The molecule has 2 aliphatic rings. The molecular formula is C29H31N9. The molecule has 5 rings (SSSR count). The van der Waals surface area contributed by atoms with Gasteiger partial charge in [0.1, 0.15) is 29.6 Å². The van der Waals surface area contributed by atoms with Crippen LogP contribution in [0.5, 0.6) is 0 Å². The Morgan fingerprint density at radius 1 is 1.24 bits per heavy atom. The van der Waals surface area contributed by atoms with Gasteiger partial charge in [0.15, 0.2) is 5.82 Å². The number of anilines is 4. The average Bonchev–Trinajstić information content (AvgIpc) is 3.38. The molecule has 0 bridgehead atoms.